The van der Waals surface area contributed by atoms with E-state index in [0.29, 0.717) is 0 Å². The van der Waals surface area contributed by atoms with Crippen molar-refractivity contribution in [3.63, 3.8) is 0 Å². The van der Waals surface area contributed by atoms with Crippen LogP contribution in [0, 0.1) is 11.7 Å². The van der Waals surface area contributed by atoms with Gasteiger partial charge in [-0.1, -0.05) is 6.07 Å². The normalized spacial score (nSPS) is 24.3. The van der Waals surface area contributed by atoms with Crippen molar-refractivity contribution in [2.45, 2.75) is 25.0 Å². The van der Waals surface area contributed by atoms with Crippen LogP contribution in [0.4, 0.5) is 4.39 Å². The molecule has 0 spiro atoms. The van der Waals surface area contributed by atoms with Crippen LogP contribution in [0.15, 0.2) is 49.2 Å². The van der Waals surface area contributed by atoms with Crippen molar-refractivity contribution in [2.24, 2.45) is 5.92 Å². The lowest BCUT2D eigenvalue weighted by Gasteiger charge is -2.35. The minimum Gasteiger partial charge on any atom is -0.388 e. The molecule has 1 N–H and O–H groups in total. The number of fused-ring (bicyclic) bond motifs is 4. The van der Waals surface area contributed by atoms with Crippen molar-refractivity contribution in [1.29, 1.82) is 0 Å². The Balaban J connectivity index is 1.64. The van der Waals surface area contributed by atoms with Gasteiger partial charge in [-0.25, -0.2) is 9.37 Å². The highest BCUT2D eigenvalue weighted by molar-refractivity contribution is 5.69. The number of aliphatic hydroxyl groups excluding tert-OH is 1. The molecule has 0 amide bonds. The second-order valence-electron chi connectivity index (χ2n) is 6.58. The standard InChI is InChI=1S/C19H16FN3O/c20-12-2-4-13-15(7-12)17-9-22-10-23(17)18(13)14-3-1-11-5-6-21-8-16(11)19(14)24/h2,4-10,14,18-19,24H,1,3H2/t14-,18?,19-/m0/s1. The number of hydrogen-bond donors (Lipinski definition) is 1. The fraction of sp³-hybridized carbons (Fsp3) is 0.263. The van der Waals surface area contributed by atoms with E-state index in [2.05, 4.69) is 14.5 Å². The van der Waals surface area contributed by atoms with Gasteiger partial charge in [0.25, 0.3) is 0 Å². The number of aromatic nitrogens is 3. The molecule has 5 heteroatoms. The second kappa shape index (κ2) is 4.98. The molecule has 120 valence electrons. The van der Waals surface area contributed by atoms with E-state index in [1.54, 1.807) is 31.0 Å². The van der Waals surface area contributed by atoms with E-state index in [4.69, 9.17) is 0 Å². The van der Waals surface area contributed by atoms with Crippen molar-refractivity contribution in [3.8, 4) is 11.3 Å². The third-order valence-electron chi connectivity index (χ3n) is 5.40. The highest BCUT2D eigenvalue weighted by Crippen LogP contribution is 2.49. The van der Waals surface area contributed by atoms with Gasteiger partial charge in [-0.05, 0) is 42.2 Å². The highest BCUT2D eigenvalue weighted by atomic mass is 19.1. The van der Waals surface area contributed by atoms with Crippen molar-refractivity contribution < 1.29 is 9.50 Å². The number of hydrogen-bond acceptors (Lipinski definition) is 3. The molecular weight excluding hydrogens is 305 g/mol. The lowest BCUT2D eigenvalue weighted by Crippen LogP contribution is -2.28. The molecular formula is C19H16FN3O. The third-order valence-corrected chi connectivity index (χ3v) is 5.40. The molecule has 3 aromatic rings. The molecule has 5 rings (SSSR count). The van der Waals surface area contributed by atoms with E-state index in [1.807, 2.05) is 12.1 Å². The smallest absolute Gasteiger partial charge is 0.123 e. The zero-order valence-electron chi connectivity index (χ0n) is 12.9. The summed E-state index contributed by atoms with van der Waals surface area (Å²) in [5.41, 5.74) is 4.92. The Kier molecular flexibility index (Phi) is 2.88. The molecule has 0 fully saturated rings. The summed E-state index contributed by atoms with van der Waals surface area (Å²) >= 11 is 0. The first-order chi connectivity index (χ1) is 11.7. The average Bonchev–Trinajstić information content (AvgIpc) is 3.17. The number of imidazole rings is 1. The molecule has 0 bridgehead atoms. The SMILES string of the molecule is O[C@@H]1c2cnccc2CC[C@H]1C1c2ccc(F)cc2-c2cncn21. The lowest BCUT2D eigenvalue weighted by atomic mass is 9.76. The van der Waals surface area contributed by atoms with Crippen molar-refractivity contribution in [1.82, 2.24) is 14.5 Å². The summed E-state index contributed by atoms with van der Waals surface area (Å²) in [7, 11) is 0. The molecule has 2 aliphatic rings. The van der Waals surface area contributed by atoms with E-state index in [1.165, 1.54) is 6.07 Å². The molecule has 1 unspecified atom stereocenters. The molecule has 0 saturated carbocycles. The molecule has 2 aromatic heterocycles. The van der Waals surface area contributed by atoms with Crippen molar-refractivity contribution >= 4 is 0 Å². The number of benzene rings is 1. The molecule has 0 radical (unpaired) electrons. The van der Waals surface area contributed by atoms with E-state index in [9.17, 15) is 9.50 Å². The molecule has 1 aromatic carbocycles. The minimum absolute atomic E-state index is 0.0151. The van der Waals surface area contributed by atoms with Gasteiger partial charge in [0.15, 0.2) is 0 Å². The van der Waals surface area contributed by atoms with Crippen LogP contribution in [0.5, 0.6) is 0 Å². The zero-order chi connectivity index (χ0) is 16.3. The second-order valence-corrected chi connectivity index (χ2v) is 6.58. The fourth-order valence-electron chi connectivity index (χ4n) is 4.30. The Bertz CT molecular complexity index is 936. The summed E-state index contributed by atoms with van der Waals surface area (Å²) in [6.07, 6.45) is 8.29. The van der Waals surface area contributed by atoms with Crippen LogP contribution in [0.25, 0.3) is 11.3 Å². The summed E-state index contributed by atoms with van der Waals surface area (Å²) < 4.78 is 15.8. The maximum absolute atomic E-state index is 13.7. The minimum atomic E-state index is -0.585. The van der Waals surface area contributed by atoms with Crippen molar-refractivity contribution in [3.05, 3.63) is 71.7 Å². The average molecular weight is 321 g/mol. The van der Waals surface area contributed by atoms with Crippen LogP contribution in [0.2, 0.25) is 0 Å². The predicted molar refractivity (Wildman–Crippen MR) is 86.8 cm³/mol. The fourth-order valence-corrected chi connectivity index (χ4v) is 4.30. The first-order valence-corrected chi connectivity index (χ1v) is 8.16. The summed E-state index contributed by atoms with van der Waals surface area (Å²) in [4.78, 5) is 8.40. The Hall–Kier alpha value is -2.53. The number of aryl methyl sites for hydroxylation is 1. The molecule has 3 atom stereocenters. The van der Waals surface area contributed by atoms with Gasteiger partial charge >= 0.3 is 0 Å². The molecule has 1 aliphatic carbocycles. The summed E-state index contributed by atoms with van der Waals surface area (Å²) in [6, 6.07) is 6.86. The van der Waals surface area contributed by atoms with Crippen LogP contribution in [0.3, 0.4) is 0 Å². The van der Waals surface area contributed by atoms with Crippen molar-refractivity contribution in [2.75, 3.05) is 0 Å². The molecule has 0 saturated heterocycles. The first-order valence-electron chi connectivity index (χ1n) is 8.16. The molecule has 1 aliphatic heterocycles. The predicted octanol–water partition coefficient (Wildman–Crippen LogP) is 3.28. The van der Waals surface area contributed by atoms with Crippen LogP contribution in [-0.4, -0.2) is 19.6 Å². The Morgan fingerprint density at radius 1 is 1.12 bits per heavy atom. The summed E-state index contributed by atoms with van der Waals surface area (Å²) in [6.45, 7) is 0. The molecule has 4 nitrogen and oxygen atoms in total. The summed E-state index contributed by atoms with van der Waals surface area (Å²) in [5, 5.41) is 11.0. The maximum atomic E-state index is 13.7. The Labute approximate surface area is 138 Å². The van der Waals surface area contributed by atoms with Gasteiger partial charge in [0.1, 0.15) is 5.82 Å². The van der Waals surface area contributed by atoms with Crippen LogP contribution < -0.4 is 0 Å². The topological polar surface area (TPSA) is 50.9 Å². The largest absolute Gasteiger partial charge is 0.388 e. The van der Waals surface area contributed by atoms with E-state index < -0.39 is 6.10 Å². The molecule has 24 heavy (non-hydrogen) atoms. The summed E-state index contributed by atoms with van der Waals surface area (Å²) in [5.74, 6) is -0.234. The van der Waals surface area contributed by atoms with Gasteiger partial charge in [-0.2, -0.15) is 0 Å². The number of halogens is 1. The number of pyridine rings is 1. The number of nitrogens with zero attached hydrogens (tertiary/aromatic N) is 3. The lowest BCUT2D eigenvalue weighted by molar-refractivity contribution is 0.0716. The van der Waals surface area contributed by atoms with Gasteiger partial charge in [-0.3, -0.25) is 4.98 Å². The van der Waals surface area contributed by atoms with Crippen LogP contribution in [0.1, 0.15) is 35.3 Å². The Morgan fingerprint density at radius 2 is 2.04 bits per heavy atom. The Morgan fingerprint density at radius 3 is 2.96 bits per heavy atom. The van der Waals surface area contributed by atoms with E-state index in [-0.39, 0.29) is 17.8 Å². The van der Waals surface area contributed by atoms with Gasteiger partial charge in [0.05, 0.1) is 30.4 Å². The van der Waals surface area contributed by atoms with Gasteiger partial charge in [-0.15, -0.1) is 0 Å². The van der Waals surface area contributed by atoms with Gasteiger partial charge in [0.2, 0.25) is 0 Å². The zero-order valence-corrected chi connectivity index (χ0v) is 12.9. The van der Waals surface area contributed by atoms with Gasteiger partial charge in [0, 0.05) is 29.4 Å². The highest BCUT2D eigenvalue weighted by Gasteiger charge is 2.40. The van der Waals surface area contributed by atoms with E-state index in [0.717, 1.165) is 40.8 Å². The van der Waals surface area contributed by atoms with Crippen LogP contribution >= 0.6 is 0 Å². The molecule has 3 heterocycles. The third kappa shape index (κ3) is 1.82. The van der Waals surface area contributed by atoms with E-state index >= 15 is 0 Å². The van der Waals surface area contributed by atoms with Gasteiger partial charge < -0.3 is 9.67 Å². The van der Waals surface area contributed by atoms with Crippen LogP contribution in [-0.2, 0) is 6.42 Å². The quantitative estimate of drug-likeness (QED) is 0.748. The monoisotopic (exact) mass is 321 g/mol. The number of rotatable bonds is 1. The maximum Gasteiger partial charge on any atom is 0.123 e. The first kappa shape index (κ1) is 13.9. The number of aliphatic hydroxyl groups is 1.